The van der Waals surface area contributed by atoms with Crippen LogP contribution in [0.5, 0.6) is 0 Å². The van der Waals surface area contributed by atoms with Gasteiger partial charge in [0.25, 0.3) is 11.8 Å². The van der Waals surface area contributed by atoms with Crippen LogP contribution in [0.4, 0.5) is 0 Å². The van der Waals surface area contributed by atoms with Crippen molar-refractivity contribution in [1.29, 1.82) is 0 Å². The molecule has 4 fully saturated rings. The molecule has 130 valence electrons. The Bertz CT molecular complexity index is 776. The van der Waals surface area contributed by atoms with Gasteiger partial charge in [-0.25, -0.2) is 0 Å². The van der Waals surface area contributed by atoms with Crippen molar-refractivity contribution in [2.24, 2.45) is 17.8 Å². The molecule has 0 atom stereocenters. The van der Waals surface area contributed by atoms with Crippen molar-refractivity contribution in [2.45, 2.75) is 43.9 Å². The summed E-state index contributed by atoms with van der Waals surface area (Å²) in [6.07, 6.45) is 9.46. The molecule has 25 heavy (non-hydrogen) atoms. The molecule has 4 aliphatic carbocycles. The van der Waals surface area contributed by atoms with E-state index in [2.05, 4.69) is 15.5 Å². The van der Waals surface area contributed by atoms with Crippen LogP contribution in [0.25, 0.3) is 11.5 Å². The first kappa shape index (κ1) is 15.0. The number of aromatic nitrogens is 3. The lowest BCUT2D eigenvalue weighted by atomic mass is 9.49. The lowest BCUT2D eigenvalue weighted by Crippen LogP contribution is -2.49. The van der Waals surface area contributed by atoms with Crippen molar-refractivity contribution in [3.8, 4) is 11.5 Å². The Morgan fingerprint density at radius 1 is 1.16 bits per heavy atom. The standard InChI is InChI=1S/C19H22N4O2/c1-20-16(24)15-3-2-14(10-21-15)17-22-18(23-25-17)19-7-11-4-12(8-19)6-13(5-11)9-19/h2-3,10-13H,4-9H2,1H3,(H,20,24). The molecule has 0 spiro atoms. The van der Waals surface area contributed by atoms with Crippen LogP contribution in [0.1, 0.15) is 54.8 Å². The Hall–Kier alpha value is -2.24. The van der Waals surface area contributed by atoms with Gasteiger partial charge < -0.3 is 9.84 Å². The number of carbonyl (C=O) groups is 1. The number of nitrogens with one attached hydrogen (secondary N) is 1. The number of rotatable bonds is 3. The fraction of sp³-hybridized carbons (Fsp3) is 0.579. The highest BCUT2D eigenvalue weighted by molar-refractivity contribution is 5.92. The van der Waals surface area contributed by atoms with E-state index in [0.717, 1.165) is 29.1 Å². The van der Waals surface area contributed by atoms with Crippen LogP contribution in [0.3, 0.4) is 0 Å². The molecule has 0 unspecified atom stereocenters. The first-order chi connectivity index (χ1) is 12.1. The molecule has 0 radical (unpaired) electrons. The Balaban J connectivity index is 1.43. The second-order valence-electron chi connectivity index (χ2n) is 8.13. The molecular weight excluding hydrogens is 316 g/mol. The number of hydrogen-bond acceptors (Lipinski definition) is 5. The average molecular weight is 338 g/mol. The third-order valence-electron chi connectivity index (χ3n) is 6.41. The summed E-state index contributed by atoms with van der Waals surface area (Å²) < 4.78 is 5.57. The number of carbonyl (C=O) groups excluding carboxylic acids is 1. The molecule has 1 N–H and O–H groups in total. The third kappa shape index (κ3) is 2.38. The first-order valence-electron chi connectivity index (χ1n) is 9.18. The molecule has 0 aliphatic heterocycles. The van der Waals surface area contributed by atoms with Gasteiger partial charge in [0, 0.05) is 18.7 Å². The number of amides is 1. The molecule has 4 aliphatic rings. The van der Waals surface area contributed by atoms with E-state index in [0.29, 0.717) is 11.6 Å². The molecule has 0 saturated heterocycles. The summed E-state index contributed by atoms with van der Waals surface area (Å²) in [6.45, 7) is 0. The SMILES string of the molecule is CNC(=O)c1ccc(-c2nc(C34CC5CC(CC(C5)C3)C4)no2)cn1. The van der Waals surface area contributed by atoms with E-state index in [9.17, 15) is 4.79 Å². The Kier molecular flexibility index (Phi) is 3.24. The molecule has 6 rings (SSSR count). The molecular formula is C19H22N4O2. The molecule has 2 aromatic heterocycles. The van der Waals surface area contributed by atoms with E-state index < -0.39 is 0 Å². The predicted molar refractivity (Wildman–Crippen MR) is 90.8 cm³/mol. The topological polar surface area (TPSA) is 80.9 Å². The average Bonchev–Trinajstić information content (AvgIpc) is 3.11. The van der Waals surface area contributed by atoms with Crippen LogP contribution < -0.4 is 5.32 Å². The van der Waals surface area contributed by atoms with Gasteiger partial charge in [-0.15, -0.1) is 0 Å². The van der Waals surface area contributed by atoms with Gasteiger partial charge in [0.15, 0.2) is 5.82 Å². The highest BCUT2D eigenvalue weighted by Gasteiger charge is 2.53. The van der Waals surface area contributed by atoms with Crippen molar-refractivity contribution >= 4 is 5.91 Å². The zero-order valence-electron chi connectivity index (χ0n) is 14.4. The van der Waals surface area contributed by atoms with Crippen LogP contribution in [-0.4, -0.2) is 28.1 Å². The number of pyridine rings is 1. The Morgan fingerprint density at radius 3 is 2.40 bits per heavy atom. The summed E-state index contributed by atoms with van der Waals surface area (Å²) in [7, 11) is 1.59. The predicted octanol–water partition coefficient (Wildman–Crippen LogP) is 2.96. The van der Waals surface area contributed by atoms with Crippen molar-refractivity contribution in [1.82, 2.24) is 20.4 Å². The van der Waals surface area contributed by atoms with Gasteiger partial charge in [-0.05, 0) is 68.4 Å². The third-order valence-corrected chi connectivity index (χ3v) is 6.41. The Morgan fingerprint density at radius 2 is 1.84 bits per heavy atom. The monoisotopic (exact) mass is 338 g/mol. The van der Waals surface area contributed by atoms with E-state index in [4.69, 9.17) is 9.51 Å². The molecule has 0 aromatic carbocycles. The molecule has 2 heterocycles. The fourth-order valence-electron chi connectivity index (χ4n) is 5.72. The lowest BCUT2D eigenvalue weighted by Gasteiger charge is -2.55. The second-order valence-corrected chi connectivity index (χ2v) is 8.13. The smallest absolute Gasteiger partial charge is 0.269 e. The summed E-state index contributed by atoms with van der Waals surface area (Å²) in [6, 6.07) is 3.50. The van der Waals surface area contributed by atoms with Gasteiger partial charge >= 0.3 is 0 Å². The van der Waals surface area contributed by atoms with Gasteiger partial charge in [0.2, 0.25) is 0 Å². The van der Waals surface area contributed by atoms with E-state index in [-0.39, 0.29) is 11.3 Å². The van der Waals surface area contributed by atoms with Gasteiger partial charge in [0.05, 0.1) is 5.56 Å². The van der Waals surface area contributed by atoms with Crippen LogP contribution in [0.2, 0.25) is 0 Å². The largest absolute Gasteiger partial charge is 0.354 e. The minimum absolute atomic E-state index is 0.131. The van der Waals surface area contributed by atoms with E-state index >= 15 is 0 Å². The molecule has 6 heteroatoms. The Labute approximate surface area is 146 Å². The van der Waals surface area contributed by atoms with Crippen molar-refractivity contribution in [2.75, 3.05) is 7.05 Å². The summed E-state index contributed by atoms with van der Waals surface area (Å²) in [4.78, 5) is 20.5. The normalized spacial score (nSPS) is 32.8. The van der Waals surface area contributed by atoms with Crippen LogP contribution in [0.15, 0.2) is 22.9 Å². The molecule has 4 bridgehead atoms. The quantitative estimate of drug-likeness (QED) is 0.930. The molecule has 4 saturated carbocycles. The van der Waals surface area contributed by atoms with Crippen LogP contribution >= 0.6 is 0 Å². The maximum atomic E-state index is 11.6. The van der Waals surface area contributed by atoms with Gasteiger partial charge in [-0.3, -0.25) is 9.78 Å². The second kappa shape index (κ2) is 5.38. The van der Waals surface area contributed by atoms with Gasteiger partial charge in [-0.1, -0.05) is 5.16 Å². The summed E-state index contributed by atoms with van der Waals surface area (Å²) in [5.74, 6) is 3.73. The van der Waals surface area contributed by atoms with Crippen molar-refractivity contribution in [3.05, 3.63) is 29.8 Å². The van der Waals surface area contributed by atoms with Crippen molar-refractivity contribution in [3.63, 3.8) is 0 Å². The molecule has 1 amide bonds. The highest BCUT2D eigenvalue weighted by Crippen LogP contribution is 2.60. The van der Waals surface area contributed by atoms with E-state index in [1.54, 1.807) is 19.3 Å². The van der Waals surface area contributed by atoms with Crippen LogP contribution in [-0.2, 0) is 5.41 Å². The minimum Gasteiger partial charge on any atom is -0.354 e. The van der Waals surface area contributed by atoms with E-state index in [1.807, 2.05) is 6.07 Å². The minimum atomic E-state index is -0.202. The highest BCUT2D eigenvalue weighted by atomic mass is 16.5. The van der Waals surface area contributed by atoms with E-state index in [1.165, 1.54) is 38.5 Å². The number of nitrogens with zero attached hydrogens (tertiary/aromatic N) is 3. The van der Waals surface area contributed by atoms with Gasteiger partial charge in [-0.2, -0.15) is 4.98 Å². The van der Waals surface area contributed by atoms with Crippen LogP contribution in [0, 0.1) is 17.8 Å². The zero-order chi connectivity index (χ0) is 17.0. The summed E-state index contributed by atoms with van der Waals surface area (Å²) in [5, 5.41) is 6.93. The maximum absolute atomic E-state index is 11.6. The number of hydrogen-bond donors (Lipinski definition) is 1. The zero-order valence-corrected chi connectivity index (χ0v) is 14.4. The summed E-state index contributed by atoms with van der Waals surface area (Å²) >= 11 is 0. The summed E-state index contributed by atoms with van der Waals surface area (Å²) in [5.41, 5.74) is 1.27. The first-order valence-corrected chi connectivity index (χ1v) is 9.18. The van der Waals surface area contributed by atoms with Crippen molar-refractivity contribution < 1.29 is 9.32 Å². The molecule has 2 aromatic rings. The van der Waals surface area contributed by atoms with Gasteiger partial charge in [0.1, 0.15) is 5.69 Å². The fourth-order valence-corrected chi connectivity index (χ4v) is 5.72. The lowest BCUT2D eigenvalue weighted by molar-refractivity contribution is -0.0103. The molecule has 6 nitrogen and oxygen atoms in total. The maximum Gasteiger partial charge on any atom is 0.269 e.